The highest BCUT2D eigenvalue weighted by Gasteiger charge is 2.25. The van der Waals surface area contributed by atoms with Crippen molar-refractivity contribution < 1.29 is 34.9 Å². The first-order chi connectivity index (χ1) is 20.2. The van der Waals surface area contributed by atoms with E-state index in [2.05, 4.69) is 55.4 Å². The lowest BCUT2D eigenvalue weighted by Gasteiger charge is -2.39. The number of quaternary nitrogens is 2. The van der Waals surface area contributed by atoms with Gasteiger partial charge in [-0.1, -0.05) is 107 Å². The summed E-state index contributed by atoms with van der Waals surface area (Å²) in [5.41, 5.74) is 0. The molecule has 0 spiro atoms. The first kappa shape index (κ1) is 47.2. The van der Waals surface area contributed by atoms with E-state index in [-0.39, 0.29) is 0 Å². The Bertz CT molecular complexity index is 663. The Labute approximate surface area is 270 Å². The molecule has 0 bridgehead atoms. The summed E-state index contributed by atoms with van der Waals surface area (Å²) in [6, 6.07) is 0. The molecule has 264 valence electrons. The molecule has 0 heterocycles. The summed E-state index contributed by atoms with van der Waals surface area (Å²) in [6.07, 6.45) is 22.1. The molecule has 0 amide bonds. The molecule has 0 radical (unpaired) electrons. The number of rotatable bonds is 26. The lowest BCUT2D eigenvalue weighted by molar-refractivity contribution is -0.929. The third-order valence-electron chi connectivity index (χ3n) is 8.18. The SMILES string of the molecule is CCCC[N+](CCCC)(CCCC)CCCC.CCCC[N+](CCCC)(CCCC)CCCC.O=S(=O)([O-])CS(=O)(=O)[O-]. The maximum absolute atomic E-state index is 9.51. The first-order valence-corrected chi connectivity index (χ1v) is 20.9. The zero-order valence-electron chi connectivity index (χ0n) is 29.8. The van der Waals surface area contributed by atoms with Crippen molar-refractivity contribution in [2.24, 2.45) is 0 Å². The average molecular weight is 659 g/mol. The molecule has 0 aliphatic heterocycles. The van der Waals surface area contributed by atoms with E-state index in [1.54, 1.807) is 0 Å². The molecule has 0 aromatic carbocycles. The Balaban J connectivity index is -0.000000586. The van der Waals surface area contributed by atoms with Gasteiger partial charge in [-0.15, -0.1) is 0 Å². The molecule has 0 fully saturated rings. The van der Waals surface area contributed by atoms with Crippen molar-refractivity contribution in [2.75, 3.05) is 57.4 Å². The fourth-order valence-electron chi connectivity index (χ4n) is 5.47. The normalized spacial score (nSPS) is 12.3. The van der Waals surface area contributed by atoms with E-state index in [0.29, 0.717) is 0 Å². The van der Waals surface area contributed by atoms with Crippen molar-refractivity contribution in [2.45, 2.75) is 158 Å². The summed E-state index contributed by atoms with van der Waals surface area (Å²) in [4.78, 5) is 0. The molecule has 0 aromatic heterocycles. The van der Waals surface area contributed by atoms with Gasteiger partial charge in [0, 0.05) is 0 Å². The van der Waals surface area contributed by atoms with E-state index in [1.807, 2.05) is 0 Å². The Morgan fingerprint density at radius 3 is 0.558 bits per heavy atom. The molecule has 8 nitrogen and oxygen atoms in total. The fourth-order valence-corrected chi connectivity index (χ4v) is 6.88. The standard InChI is InChI=1S/2C16H36N.CH4O6S2/c2*1-5-9-13-17(14-10-6-2,15-11-7-3)16-12-8-4;2-8(3,4)1-9(5,6)7/h2*5-16H2,1-4H3;1H2,(H,2,3,4)(H,5,6,7)/q2*+1;/p-2. The predicted molar refractivity (Wildman–Crippen MR) is 183 cm³/mol. The number of hydrogen-bond donors (Lipinski definition) is 0. The van der Waals surface area contributed by atoms with Gasteiger partial charge >= 0.3 is 0 Å². The largest absolute Gasteiger partial charge is 0.747 e. The van der Waals surface area contributed by atoms with Gasteiger partial charge in [0.05, 0.1) is 52.4 Å². The molecule has 0 N–H and O–H groups in total. The second-order valence-electron chi connectivity index (χ2n) is 12.5. The van der Waals surface area contributed by atoms with E-state index in [0.717, 1.165) is 0 Å². The van der Waals surface area contributed by atoms with Gasteiger partial charge in [-0.2, -0.15) is 0 Å². The molecular formula is C33H74N2O6S2. The molecule has 0 aliphatic carbocycles. The topological polar surface area (TPSA) is 114 Å². The van der Waals surface area contributed by atoms with Crippen molar-refractivity contribution in [3.63, 3.8) is 0 Å². The van der Waals surface area contributed by atoms with Gasteiger partial charge in [-0.3, -0.25) is 0 Å². The van der Waals surface area contributed by atoms with Crippen LogP contribution in [0.15, 0.2) is 0 Å². The highest BCUT2D eigenvalue weighted by Crippen LogP contribution is 2.17. The Morgan fingerprint density at radius 1 is 0.349 bits per heavy atom. The summed E-state index contributed by atoms with van der Waals surface area (Å²) in [5, 5.41) is -1.88. The van der Waals surface area contributed by atoms with Crippen LogP contribution in [0, 0.1) is 0 Å². The van der Waals surface area contributed by atoms with E-state index in [9.17, 15) is 25.9 Å². The van der Waals surface area contributed by atoms with E-state index in [1.165, 1.54) is 164 Å². The quantitative estimate of drug-likeness (QED) is 0.0686. The molecule has 0 rings (SSSR count). The highest BCUT2D eigenvalue weighted by molar-refractivity contribution is 8.02. The van der Waals surface area contributed by atoms with Crippen LogP contribution in [0.25, 0.3) is 0 Å². The van der Waals surface area contributed by atoms with Crippen LogP contribution in [-0.4, -0.2) is 92.4 Å². The number of nitrogens with zero attached hydrogens (tertiary/aromatic N) is 2. The van der Waals surface area contributed by atoms with Gasteiger partial charge < -0.3 is 18.1 Å². The molecule has 43 heavy (non-hydrogen) atoms. The van der Waals surface area contributed by atoms with E-state index < -0.39 is 25.3 Å². The number of hydrogen-bond acceptors (Lipinski definition) is 6. The van der Waals surface area contributed by atoms with E-state index in [4.69, 9.17) is 0 Å². The predicted octanol–water partition coefficient (Wildman–Crippen LogP) is 8.04. The Kier molecular flexibility index (Phi) is 32.0. The van der Waals surface area contributed by atoms with Crippen molar-refractivity contribution in [1.29, 1.82) is 0 Å². The van der Waals surface area contributed by atoms with Crippen molar-refractivity contribution in [3.05, 3.63) is 0 Å². The van der Waals surface area contributed by atoms with Crippen molar-refractivity contribution >= 4 is 20.2 Å². The molecule has 10 heteroatoms. The molecule has 0 aliphatic rings. The highest BCUT2D eigenvalue weighted by atomic mass is 32.3. The Morgan fingerprint density at radius 2 is 0.488 bits per heavy atom. The molecule has 0 atom stereocenters. The minimum atomic E-state index is -4.93. The molecule has 0 unspecified atom stereocenters. The van der Waals surface area contributed by atoms with Gasteiger partial charge in [0.1, 0.15) is 25.3 Å². The van der Waals surface area contributed by atoms with Crippen LogP contribution >= 0.6 is 0 Å². The van der Waals surface area contributed by atoms with Crippen LogP contribution in [0.3, 0.4) is 0 Å². The minimum Gasteiger partial charge on any atom is -0.747 e. The summed E-state index contributed by atoms with van der Waals surface area (Å²) in [6.45, 7) is 30.0. The molecule has 0 saturated heterocycles. The molecule has 0 saturated carbocycles. The monoisotopic (exact) mass is 658 g/mol. The van der Waals surface area contributed by atoms with Crippen LogP contribution in [0.1, 0.15) is 158 Å². The van der Waals surface area contributed by atoms with Crippen LogP contribution in [-0.2, 0) is 20.2 Å². The van der Waals surface area contributed by atoms with Crippen LogP contribution in [0.4, 0.5) is 0 Å². The maximum atomic E-state index is 9.51. The summed E-state index contributed by atoms with van der Waals surface area (Å²) in [5.74, 6) is 0. The molecule has 0 aromatic rings. The second kappa shape index (κ2) is 29.2. The Hall–Kier alpha value is -0.260. The maximum Gasteiger partial charge on any atom is 0.128 e. The van der Waals surface area contributed by atoms with Crippen LogP contribution < -0.4 is 0 Å². The van der Waals surface area contributed by atoms with Gasteiger partial charge in [-0.25, -0.2) is 16.8 Å². The fraction of sp³-hybridized carbons (Fsp3) is 1.00. The van der Waals surface area contributed by atoms with Gasteiger partial charge in [-0.05, 0) is 51.4 Å². The zero-order chi connectivity index (χ0) is 33.7. The third-order valence-corrected chi connectivity index (χ3v) is 10.5. The average Bonchev–Trinajstić information content (AvgIpc) is 2.94. The smallest absolute Gasteiger partial charge is 0.128 e. The lowest BCUT2D eigenvalue weighted by Crippen LogP contribution is -2.50. The second-order valence-corrected chi connectivity index (χ2v) is 15.7. The van der Waals surface area contributed by atoms with Gasteiger partial charge in [0.2, 0.25) is 0 Å². The summed E-state index contributed by atoms with van der Waals surface area (Å²) >= 11 is 0. The van der Waals surface area contributed by atoms with Crippen molar-refractivity contribution in [1.82, 2.24) is 0 Å². The van der Waals surface area contributed by atoms with E-state index >= 15 is 0 Å². The number of unbranched alkanes of at least 4 members (excludes halogenated alkanes) is 8. The lowest BCUT2D eigenvalue weighted by atomic mass is 10.1. The van der Waals surface area contributed by atoms with Crippen LogP contribution in [0.2, 0.25) is 0 Å². The summed E-state index contributed by atoms with van der Waals surface area (Å²) in [7, 11) is -9.86. The van der Waals surface area contributed by atoms with Crippen LogP contribution in [0.5, 0.6) is 0 Å². The molecular weight excluding hydrogens is 585 g/mol. The third kappa shape index (κ3) is 31.5. The minimum absolute atomic E-state index is 1.35. The van der Waals surface area contributed by atoms with Gasteiger partial charge in [0.25, 0.3) is 0 Å². The first-order valence-electron chi connectivity index (χ1n) is 17.8. The zero-order valence-corrected chi connectivity index (χ0v) is 31.5. The van der Waals surface area contributed by atoms with Gasteiger partial charge in [0.15, 0.2) is 0 Å². The summed E-state index contributed by atoms with van der Waals surface area (Å²) < 4.78 is 59.9. The van der Waals surface area contributed by atoms with Crippen molar-refractivity contribution in [3.8, 4) is 0 Å².